The second-order valence-corrected chi connectivity index (χ2v) is 5.77. The first-order chi connectivity index (χ1) is 13.4. The molecule has 1 aromatic heterocycles. The number of aromatic nitrogens is 2. The normalized spacial score (nSPS) is 10.6. The van der Waals surface area contributed by atoms with E-state index in [0.29, 0.717) is 24.8 Å². The fourth-order valence-electron chi connectivity index (χ4n) is 2.33. The van der Waals surface area contributed by atoms with Crippen molar-refractivity contribution in [1.29, 1.82) is 0 Å². The molecule has 0 aliphatic heterocycles. The van der Waals surface area contributed by atoms with Gasteiger partial charge in [-0.15, -0.1) is 0 Å². The SMILES string of the molecule is O=C(Nc1ccc(F)c(F)c1F)c1cnc(NCCc2ccc(F)cc2)cn1. The highest BCUT2D eigenvalue weighted by Crippen LogP contribution is 2.20. The van der Waals surface area contributed by atoms with Crippen LogP contribution < -0.4 is 10.6 Å². The van der Waals surface area contributed by atoms with E-state index >= 15 is 0 Å². The van der Waals surface area contributed by atoms with Crippen LogP contribution in [0.15, 0.2) is 48.8 Å². The Morgan fingerprint density at radius 3 is 2.32 bits per heavy atom. The van der Waals surface area contributed by atoms with Crippen molar-refractivity contribution in [2.75, 3.05) is 17.2 Å². The number of nitrogens with zero attached hydrogens (tertiary/aromatic N) is 2. The summed E-state index contributed by atoms with van der Waals surface area (Å²) in [5.41, 5.74) is 0.298. The Bertz CT molecular complexity index is 978. The molecule has 1 heterocycles. The van der Waals surface area contributed by atoms with Crippen LogP contribution in [0.25, 0.3) is 0 Å². The molecule has 5 nitrogen and oxygen atoms in total. The first kappa shape index (κ1) is 19.3. The van der Waals surface area contributed by atoms with Crippen LogP contribution in [0, 0.1) is 23.3 Å². The zero-order valence-corrected chi connectivity index (χ0v) is 14.3. The number of nitrogens with one attached hydrogen (secondary N) is 2. The summed E-state index contributed by atoms with van der Waals surface area (Å²) in [6, 6.07) is 7.70. The van der Waals surface area contributed by atoms with Crippen LogP contribution in [0.2, 0.25) is 0 Å². The van der Waals surface area contributed by atoms with Gasteiger partial charge in [0.2, 0.25) is 0 Å². The number of hydrogen-bond acceptors (Lipinski definition) is 4. The van der Waals surface area contributed by atoms with Gasteiger partial charge in [-0.2, -0.15) is 0 Å². The first-order valence-electron chi connectivity index (χ1n) is 8.19. The maximum absolute atomic E-state index is 13.6. The van der Waals surface area contributed by atoms with Gasteiger partial charge in [0.25, 0.3) is 5.91 Å². The van der Waals surface area contributed by atoms with Gasteiger partial charge in [0.05, 0.1) is 18.1 Å². The third-order valence-corrected chi connectivity index (χ3v) is 3.80. The predicted octanol–water partition coefficient (Wildman–Crippen LogP) is 3.94. The van der Waals surface area contributed by atoms with E-state index in [0.717, 1.165) is 17.8 Å². The molecule has 0 aliphatic rings. The molecule has 3 aromatic rings. The minimum absolute atomic E-state index is 0.131. The monoisotopic (exact) mass is 390 g/mol. The highest BCUT2D eigenvalue weighted by molar-refractivity contribution is 6.02. The van der Waals surface area contributed by atoms with Gasteiger partial charge in [0.1, 0.15) is 17.3 Å². The Labute approximate surface area is 157 Å². The number of amides is 1. The van der Waals surface area contributed by atoms with E-state index < -0.39 is 29.0 Å². The molecule has 0 radical (unpaired) electrons. The molecule has 0 unspecified atom stereocenters. The quantitative estimate of drug-likeness (QED) is 0.494. The molecule has 2 N–H and O–H groups in total. The number of halogens is 4. The van der Waals surface area contributed by atoms with Crippen molar-refractivity contribution in [3.63, 3.8) is 0 Å². The molecular formula is C19H14F4N4O. The Kier molecular flexibility index (Phi) is 5.83. The molecule has 0 saturated heterocycles. The lowest BCUT2D eigenvalue weighted by atomic mass is 10.1. The van der Waals surface area contributed by atoms with Crippen LogP contribution >= 0.6 is 0 Å². The summed E-state index contributed by atoms with van der Waals surface area (Å²) >= 11 is 0. The fourth-order valence-corrected chi connectivity index (χ4v) is 2.33. The van der Waals surface area contributed by atoms with Crippen LogP contribution in [-0.2, 0) is 6.42 Å². The summed E-state index contributed by atoms with van der Waals surface area (Å²) < 4.78 is 52.6. The van der Waals surface area contributed by atoms with Crippen molar-refractivity contribution in [1.82, 2.24) is 9.97 Å². The van der Waals surface area contributed by atoms with E-state index in [-0.39, 0.29) is 11.5 Å². The molecular weight excluding hydrogens is 376 g/mol. The number of hydrogen-bond donors (Lipinski definition) is 2. The lowest BCUT2D eigenvalue weighted by Gasteiger charge is -2.08. The van der Waals surface area contributed by atoms with Crippen LogP contribution in [0.4, 0.5) is 29.1 Å². The smallest absolute Gasteiger partial charge is 0.275 e. The van der Waals surface area contributed by atoms with E-state index in [9.17, 15) is 22.4 Å². The van der Waals surface area contributed by atoms with Crippen molar-refractivity contribution in [2.45, 2.75) is 6.42 Å². The Hall–Kier alpha value is -3.49. The number of anilines is 2. The fraction of sp³-hybridized carbons (Fsp3) is 0.105. The van der Waals surface area contributed by atoms with E-state index in [2.05, 4.69) is 20.6 Å². The second kappa shape index (κ2) is 8.47. The van der Waals surface area contributed by atoms with Crippen molar-refractivity contribution in [3.05, 3.63) is 83.3 Å². The lowest BCUT2D eigenvalue weighted by molar-refractivity contribution is 0.102. The number of rotatable bonds is 6. The van der Waals surface area contributed by atoms with Gasteiger partial charge in [-0.1, -0.05) is 12.1 Å². The van der Waals surface area contributed by atoms with Crippen molar-refractivity contribution < 1.29 is 22.4 Å². The highest BCUT2D eigenvalue weighted by Gasteiger charge is 2.16. The van der Waals surface area contributed by atoms with Gasteiger partial charge < -0.3 is 10.6 Å². The summed E-state index contributed by atoms with van der Waals surface area (Å²) in [6.07, 6.45) is 3.09. The van der Waals surface area contributed by atoms with Crippen molar-refractivity contribution in [2.24, 2.45) is 0 Å². The second-order valence-electron chi connectivity index (χ2n) is 5.77. The molecule has 3 rings (SSSR count). The van der Waals surface area contributed by atoms with E-state index in [4.69, 9.17) is 0 Å². The molecule has 0 aliphatic carbocycles. The largest absolute Gasteiger partial charge is 0.368 e. The molecule has 0 saturated carbocycles. The van der Waals surface area contributed by atoms with Gasteiger partial charge in [-0.3, -0.25) is 4.79 Å². The molecule has 2 aromatic carbocycles. The molecule has 0 atom stereocenters. The third-order valence-electron chi connectivity index (χ3n) is 3.80. The van der Waals surface area contributed by atoms with Gasteiger partial charge in [-0.05, 0) is 36.2 Å². The standard InChI is InChI=1S/C19H14F4N4O/c20-12-3-1-11(2-4-12)7-8-24-16-10-25-15(9-26-16)19(28)27-14-6-5-13(21)17(22)18(14)23/h1-6,9-10H,7-8H2,(H,24,26)(H,27,28). The van der Waals surface area contributed by atoms with E-state index in [1.54, 1.807) is 12.1 Å². The summed E-state index contributed by atoms with van der Waals surface area (Å²) in [7, 11) is 0. The maximum Gasteiger partial charge on any atom is 0.275 e. The molecule has 0 fully saturated rings. The van der Waals surface area contributed by atoms with E-state index in [1.807, 2.05) is 0 Å². The summed E-state index contributed by atoms with van der Waals surface area (Å²) in [6.45, 7) is 0.506. The molecule has 28 heavy (non-hydrogen) atoms. The van der Waals surface area contributed by atoms with Crippen molar-refractivity contribution >= 4 is 17.4 Å². The molecule has 0 bridgehead atoms. The predicted molar refractivity (Wildman–Crippen MR) is 94.9 cm³/mol. The average Bonchev–Trinajstić information content (AvgIpc) is 2.70. The van der Waals surface area contributed by atoms with E-state index in [1.165, 1.54) is 18.3 Å². The first-order valence-corrected chi connectivity index (χ1v) is 8.19. The zero-order valence-electron chi connectivity index (χ0n) is 14.3. The Balaban J connectivity index is 1.57. The van der Waals surface area contributed by atoms with Crippen LogP contribution in [0.3, 0.4) is 0 Å². The number of benzene rings is 2. The number of carbonyl (C=O) groups is 1. The minimum atomic E-state index is -1.68. The Morgan fingerprint density at radius 2 is 1.64 bits per heavy atom. The van der Waals surface area contributed by atoms with Gasteiger partial charge >= 0.3 is 0 Å². The topological polar surface area (TPSA) is 66.9 Å². The van der Waals surface area contributed by atoms with Gasteiger partial charge in [0.15, 0.2) is 17.5 Å². The van der Waals surface area contributed by atoms with Crippen LogP contribution in [0.5, 0.6) is 0 Å². The summed E-state index contributed by atoms with van der Waals surface area (Å²) in [4.78, 5) is 20.0. The molecule has 0 spiro atoms. The van der Waals surface area contributed by atoms with Gasteiger partial charge in [0, 0.05) is 6.54 Å². The highest BCUT2D eigenvalue weighted by atomic mass is 19.2. The van der Waals surface area contributed by atoms with Crippen LogP contribution in [0.1, 0.15) is 16.1 Å². The maximum atomic E-state index is 13.6. The molecule has 144 valence electrons. The van der Waals surface area contributed by atoms with Crippen LogP contribution in [-0.4, -0.2) is 22.4 Å². The average molecular weight is 390 g/mol. The number of carbonyl (C=O) groups excluding carboxylic acids is 1. The zero-order chi connectivity index (χ0) is 20.1. The summed E-state index contributed by atoms with van der Waals surface area (Å²) in [5, 5.41) is 5.11. The minimum Gasteiger partial charge on any atom is -0.368 e. The molecule has 9 heteroatoms. The summed E-state index contributed by atoms with van der Waals surface area (Å²) in [5.74, 6) is -5.26. The molecule has 1 amide bonds. The van der Waals surface area contributed by atoms with Crippen molar-refractivity contribution in [3.8, 4) is 0 Å². The van der Waals surface area contributed by atoms with Gasteiger partial charge in [-0.25, -0.2) is 27.5 Å². The lowest BCUT2D eigenvalue weighted by Crippen LogP contribution is -2.16. The Morgan fingerprint density at radius 1 is 0.893 bits per heavy atom. The third kappa shape index (κ3) is 4.61.